The first kappa shape index (κ1) is 19.8. The van der Waals surface area contributed by atoms with Crippen LogP contribution in [0.2, 0.25) is 0 Å². The fraction of sp³-hybridized carbons (Fsp3) is 0.182. The van der Waals surface area contributed by atoms with Crippen LogP contribution in [0.4, 0.5) is 5.69 Å². The fourth-order valence-electron chi connectivity index (χ4n) is 3.41. The first-order valence-corrected chi connectivity index (χ1v) is 11.1. The lowest BCUT2D eigenvalue weighted by molar-refractivity contribution is 0.414. The Balaban J connectivity index is 1.67. The van der Waals surface area contributed by atoms with Crippen LogP contribution < -0.4 is 4.72 Å². The van der Waals surface area contributed by atoms with Crippen LogP contribution in [0.15, 0.2) is 71.8 Å². The van der Waals surface area contributed by atoms with Crippen molar-refractivity contribution in [1.29, 1.82) is 0 Å². The molecule has 0 aliphatic carbocycles. The highest BCUT2D eigenvalue weighted by Gasteiger charge is 2.16. The molecule has 0 aliphatic heterocycles. The van der Waals surface area contributed by atoms with Gasteiger partial charge in [-0.1, -0.05) is 30.3 Å². The van der Waals surface area contributed by atoms with E-state index in [1.807, 2.05) is 62.8 Å². The van der Waals surface area contributed by atoms with E-state index in [4.69, 9.17) is 11.8 Å². The molecular formula is C22H22ClN3O2S. The van der Waals surface area contributed by atoms with Gasteiger partial charge < -0.3 is 4.90 Å². The van der Waals surface area contributed by atoms with E-state index in [2.05, 4.69) is 9.62 Å². The third kappa shape index (κ3) is 4.10. The van der Waals surface area contributed by atoms with Gasteiger partial charge in [0.15, 0.2) is 0 Å². The minimum Gasteiger partial charge on any atom is -0.309 e. The number of rotatable bonds is 6. The molecular weight excluding hydrogens is 406 g/mol. The smallest absolute Gasteiger partial charge is 0.261 e. The van der Waals surface area contributed by atoms with Crippen molar-refractivity contribution < 1.29 is 8.42 Å². The Hall–Kier alpha value is -2.54. The molecule has 0 bridgehead atoms. The second-order valence-corrected chi connectivity index (χ2v) is 9.41. The quantitative estimate of drug-likeness (QED) is 0.485. The van der Waals surface area contributed by atoms with Crippen LogP contribution in [-0.2, 0) is 16.4 Å². The molecule has 0 saturated carbocycles. The highest BCUT2D eigenvalue weighted by atomic mass is 35.5. The van der Waals surface area contributed by atoms with Crippen LogP contribution in [-0.4, -0.2) is 38.0 Å². The number of halogens is 1. The third-order valence-electron chi connectivity index (χ3n) is 4.95. The van der Waals surface area contributed by atoms with E-state index in [0.717, 1.165) is 40.2 Å². The number of hydrogen-bond acceptors (Lipinski definition) is 3. The molecule has 0 fully saturated rings. The molecule has 3 aromatic carbocycles. The minimum atomic E-state index is -3.70. The van der Waals surface area contributed by atoms with Gasteiger partial charge in [-0.3, -0.25) is 8.81 Å². The SMILES string of the molecule is CN(C)CCc1cn(Cl)c2ccc(NS(=O)(=O)c3ccc4ccccc4c3)cc12. The summed E-state index contributed by atoms with van der Waals surface area (Å²) in [5.41, 5.74) is 2.45. The number of likely N-dealkylation sites (N-methyl/N-ethyl adjacent to an activating group) is 1. The monoisotopic (exact) mass is 427 g/mol. The molecule has 0 saturated heterocycles. The average Bonchev–Trinajstić information content (AvgIpc) is 3.01. The molecule has 7 heteroatoms. The molecule has 0 radical (unpaired) electrons. The maximum atomic E-state index is 12.9. The predicted molar refractivity (Wildman–Crippen MR) is 120 cm³/mol. The van der Waals surface area contributed by atoms with Gasteiger partial charge in [0.25, 0.3) is 10.0 Å². The number of sulfonamides is 1. The van der Waals surface area contributed by atoms with Crippen LogP contribution >= 0.6 is 11.8 Å². The molecule has 150 valence electrons. The van der Waals surface area contributed by atoms with Gasteiger partial charge >= 0.3 is 0 Å². The number of nitrogens with one attached hydrogen (secondary N) is 1. The first-order chi connectivity index (χ1) is 13.8. The van der Waals surface area contributed by atoms with Crippen molar-refractivity contribution in [2.75, 3.05) is 25.4 Å². The number of nitrogens with zero attached hydrogens (tertiary/aromatic N) is 2. The van der Waals surface area contributed by atoms with Crippen molar-refractivity contribution in [2.45, 2.75) is 11.3 Å². The molecule has 0 spiro atoms. The van der Waals surface area contributed by atoms with E-state index >= 15 is 0 Å². The van der Waals surface area contributed by atoms with Crippen molar-refractivity contribution in [3.05, 3.63) is 72.4 Å². The normalized spacial score (nSPS) is 12.1. The molecule has 0 atom stereocenters. The minimum absolute atomic E-state index is 0.235. The Kier molecular flexibility index (Phi) is 5.25. The van der Waals surface area contributed by atoms with E-state index in [1.165, 1.54) is 0 Å². The predicted octanol–water partition coefficient (Wildman–Crippen LogP) is 4.70. The summed E-state index contributed by atoms with van der Waals surface area (Å²) in [5, 5.41) is 2.83. The first-order valence-electron chi connectivity index (χ1n) is 9.30. The Morgan fingerprint density at radius 2 is 1.76 bits per heavy atom. The standard InChI is InChI=1S/C22H22ClN3O2S/c1-25(2)12-11-18-15-26(23)22-10-8-19(14-21(18)22)24-29(27,28)20-9-7-16-5-3-4-6-17(16)13-20/h3-10,13-15,24H,11-12H2,1-2H3. The lowest BCUT2D eigenvalue weighted by atomic mass is 10.1. The van der Waals surface area contributed by atoms with Gasteiger partial charge in [-0.2, -0.15) is 0 Å². The zero-order chi connectivity index (χ0) is 20.6. The van der Waals surface area contributed by atoms with Crippen molar-refractivity contribution in [3.63, 3.8) is 0 Å². The Morgan fingerprint density at radius 1 is 1.00 bits per heavy atom. The molecule has 1 heterocycles. The number of hydrogen-bond donors (Lipinski definition) is 1. The van der Waals surface area contributed by atoms with Crippen LogP contribution in [0.5, 0.6) is 0 Å². The van der Waals surface area contributed by atoms with Gasteiger partial charge in [-0.05, 0) is 67.2 Å². The lowest BCUT2D eigenvalue weighted by Gasteiger charge is -2.10. The van der Waals surface area contributed by atoms with Crippen molar-refractivity contribution in [2.24, 2.45) is 0 Å². The second-order valence-electron chi connectivity index (χ2n) is 7.37. The maximum absolute atomic E-state index is 12.9. The van der Waals surface area contributed by atoms with Crippen LogP contribution in [0.25, 0.3) is 21.7 Å². The molecule has 0 aliphatic rings. The van der Waals surface area contributed by atoms with Crippen LogP contribution in [0.3, 0.4) is 0 Å². The van der Waals surface area contributed by atoms with E-state index < -0.39 is 10.0 Å². The Morgan fingerprint density at radius 3 is 2.52 bits per heavy atom. The lowest BCUT2D eigenvalue weighted by Crippen LogP contribution is -2.15. The van der Waals surface area contributed by atoms with Crippen molar-refractivity contribution >= 4 is 49.2 Å². The van der Waals surface area contributed by atoms with E-state index in [-0.39, 0.29) is 4.90 Å². The molecule has 4 aromatic rings. The second kappa shape index (κ2) is 7.71. The van der Waals surface area contributed by atoms with Gasteiger partial charge in [0.1, 0.15) is 0 Å². The van der Waals surface area contributed by atoms with Gasteiger partial charge in [-0.25, -0.2) is 8.42 Å². The zero-order valence-electron chi connectivity index (χ0n) is 16.3. The molecule has 29 heavy (non-hydrogen) atoms. The summed E-state index contributed by atoms with van der Waals surface area (Å²) in [4.78, 5) is 2.34. The summed E-state index contributed by atoms with van der Waals surface area (Å²) < 4.78 is 30.1. The number of benzene rings is 3. The molecule has 1 aromatic heterocycles. The van der Waals surface area contributed by atoms with Crippen LogP contribution in [0.1, 0.15) is 5.56 Å². The molecule has 0 amide bonds. The maximum Gasteiger partial charge on any atom is 0.261 e. The largest absolute Gasteiger partial charge is 0.309 e. The van der Waals surface area contributed by atoms with E-state index in [1.54, 1.807) is 22.3 Å². The van der Waals surface area contributed by atoms with Gasteiger partial charge in [0, 0.05) is 35.6 Å². The Labute approximate surface area is 175 Å². The van der Waals surface area contributed by atoms with Crippen molar-refractivity contribution in [3.8, 4) is 0 Å². The number of aromatic nitrogens is 1. The highest BCUT2D eigenvalue weighted by Crippen LogP contribution is 2.28. The molecule has 0 unspecified atom stereocenters. The summed E-state index contributed by atoms with van der Waals surface area (Å²) in [5.74, 6) is 0. The number of anilines is 1. The zero-order valence-corrected chi connectivity index (χ0v) is 17.8. The summed E-state index contributed by atoms with van der Waals surface area (Å²) in [6.07, 6.45) is 2.71. The number of fused-ring (bicyclic) bond motifs is 2. The Bertz CT molecular complexity index is 1300. The van der Waals surface area contributed by atoms with E-state index in [9.17, 15) is 8.42 Å². The van der Waals surface area contributed by atoms with E-state index in [0.29, 0.717) is 5.69 Å². The summed E-state index contributed by atoms with van der Waals surface area (Å²) in [6.45, 7) is 0.878. The summed E-state index contributed by atoms with van der Waals surface area (Å²) in [6, 6.07) is 18.2. The fourth-order valence-corrected chi connectivity index (χ4v) is 4.76. The average molecular weight is 428 g/mol. The summed E-state index contributed by atoms with van der Waals surface area (Å²) >= 11 is 6.29. The van der Waals surface area contributed by atoms with Gasteiger partial charge in [-0.15, -0.1) is 0 Å². The topological polar surface area (TPSA) is 54.3 Å². The van der Waals surface area contributed by atoms with Gasteiger partial charge in [0.05, 0.1) is 10.4 Å². The molecule has 1 N–H and O–H groups in total. The molecule has 4 rings (SSSR count). The van der Waals surface area contributed by atoms with Gasteiger partial charge in [0.2, 0.25) is 0 Å². The highest BCUT2D eigenvalue weighted by molar-refractivity contribution is 7.92. The van der Waals surface area contributed by atoms with Crippen molar-refractivity contribution in [1.82, 2.24) is 8.99 Å². The van der Waals surface area contributed by atoms with Crippen LogP contribution in [0, 0.1) is 0 Å². The molecule has 5 nitrogen and oxygen atoms in total. The third-order valence-corrected chi connectivity index (χ3v) is 6.61. The summed E-state index contributed by atoms with van der Waals surface area (Å²) in [7, 11) is 0.331.